The van der Waals surface area contributed by atoms with Crippen LogP contribution in [0.25, 0.3) is 0 Å². The average Bonchev–Trinajstić information content (AvgIpc) is 2.10. The zero-order chi connectivity index (χ0) is 8.48. The molecule has 0 aliphatic carbocycles. The van der Waals surface area contributed by atoms with Gasteiger partial charge in [0, 0.05) is 12.7 Å². The van der Waals surface area contributed by atoms with Crippen LogP contribution in [-0.4, -0.2) is 22.9 Å². The van der Waals surface area contributed by atoms with E-state index >= 15 is 0 Å². The fourth-order valence-corrected chi connectivity index (χ4v) is 1.86. The molecule has 0 unspecified atom stereocenters. The maximum Gasteiger partial charge on any atom is 0.115 e. The van der Waals surface area contributed by atoms with Gasteiger partial charge in [-0.3, -0.25) is 0 Å². The van der Waals surface area contributed by atoms with Crippen molar-refractivity contribution in [2.75, 3.05) is 12.4 Å². The Hall–Kier alpha value is -0.150. The van der Waals surface area contributed by atoms with Gasteiger partial charge in [-0.2, -0.15) is 0 Å². The summed E-state index contributed by atoms with van der Waals surface area (Å²) >= 11 is 1.79. The van der Waals surface area contributed by atoms with E-state index in [9.17, 15) is 5.11 Å². The fraction of sp³-hybridized carbons (Fsp3) is 0.750. The SMILES string of the molecule is CC1=CN(CC(C)(C)[O])CS1. The molecule has 0 atom stereocenters. The molecule has 0 bridgehead atoms. The van der Waals surface area contributed by atoms with Crippen LogP contribution >= 0.6 is 11.8 Å². The third-order valence-electron chi connectivity index (χ3n) is 1.41. The highest BCUT2D eigenvalue weighted by atomic mass is 32.2. The first-order valence-electron chi connectivity index (χ1n) is 3.73. The lowest BCUT2D eigenvalue weighted by Gasteiger charge is -2.22. The van der Waals surface area contributed by atoms with E-state index < -0.39 is 5.60 Å². The molecule has 1 aliphatic rings. The first kappa shape index (κ1) is 8.94. The Bertz CT molecular complexity index is 171. The summed E-state index contributed by atoms with van der Waals surface area (Å²) < 4.78 is 0. The van der Waals surface area contributed by atoms with Gasteiger partial charge < -0.3 is 4.90 Å². The summed E-state index contributed by atoms with van der Waals surface area (Å²) in [5.41, 5.74) is -0.832. The minimum absolute atomic E-state index is 0.608. The Morgan fingerprint density at radius 3 is 2.73 bits per heavy atom. The Kier molecular flexibility index (Phi) is 2.50. The van der Waals surface area contributed by atoms with E-state index in [4.69, 9.17) is 0 Å². The van der Waals surface area contributed by atoms with Gasteiger partial charge in [0.15, 0.2) is 0 Å². The van der Waals surface area contributed by atoms with Crippen LogP contribution in [0.4, 0.5) is 0 Å². The van der Waals surface area contributed by atoms with E-state index in [-0.39, 0.29) is 0 Å². The van der Waals surface area contributed by atoms with Crippen molar-refractivity contribution in [3.8, 4) is 0 Å². The van der Waals surface area contributed by atoms with Crippen molar-refractivity contribution in [1.82, 2.24) is 4.90 Å². The molecule has 0 aromatic rings. The number of hydrogen-bond acceptors (Lipinski definition) is 2. The van der Waals surface area contributed by atoms with Crippen LogP contribution in [0, 0.1) is 0 Å². The number of hydrogen-bond donors (Lipinski definition) is 0. The molecule has 63 valence electrons. The van der Waals surface area contributed by atoms with Crippen LogP contribution in [0.1, 0.15) is 20.8 Å². The molecule has 0 amide bonds. The first-order chi connectivity index (χ1) is 4.97. The molecule has 3 heteroatoms. The Morgan fingerprint density at radius 1 is 1.73 bits per heavy atom. The van der Waals surface area contributed by atoms with Crippen LogP contribution in [0.5, 0.6) is 0 Å². The van der Waals surface area contributed by atoms with Crippen LogP contribution < -0.4 is 0 Å². The molecular weight excluding hydrogens is 158 g/mol. The zero-order valence-electron chi connectivity index (χ0n) is 7.26. The number of allylic oxidation sites excluding steroid dienone is 1. The summed E-state index contributed by atoms with van der Waals surface area (Å²) in [6, 6.07) is 0. The van der Waals surface area contributed by atoms with Gasteiger partial charge in [0.1, 0.15) is 5.60 Å². The highest BCUT2D eigenvalue weighted by Gasteiger charge is 2.20. The summed E-state index contributed by atoms with van der Waals surface area (Å²) in [6.07, 6.45) is 2.06. The minimum atomic E-state index is -0.832. The van der Waals surface area contributed by atoms with Crippen molar-refractivity contribution in [3.63, 3.8) is 0 Å². The van der Waals surface area contributed by atoms with Gasteiger partial charge in [0.2, 0.25) is 0 Å². The lowest BCUT2D eigenvalue weighted by Crippen LogP contribution is -2.33. The van der Waals surface area contributed by atoms with Gasteiger partial charge in [0.25, 0.3) is 0 Å². The molecule has 0 spiro atoms. The number of rotatable bonds is 2. The Labute approximate surface area is 72.3 Å². The van der Waals surface area contributed by atoms with Crippen molar-refractivity contribution in [2.45, 2.75) is 26.4 Å². The zero-order valence-corrected chi connectivity index (χ0v) is 8.07. The van der Waals surface area contributed by atoms with Crippen molar-refractivity contribution in [3.05, 3.63) is 11.1 Å². The molecule has 11 heavy (non-hydrogen) atoms. The third kappa shape index (κ3) is 3.16. The Balaban J connectivity index is 2.40. The lowest BCUT2D eigenvalue weighted by molar-refractivity contribution is -0.0122. The topological polar surface area (TPSA) is 23.1 Å². The molecule has 1 rings (SSSR count). The van der Waals surface area contributed by atoms with Crippen molar-refractivity contribution in [1.29, 1.82) is 0 Å². The normalized spacial score (nSPS) is 18.9. The molecule has 0 saturated carbocycles. The molecule has 1 aliphatic heterocycles. The van der Waals surface area contributed by atoms with Crippen LogP contribution in [0.15, 0.2) is 11.1 Å². The molecule has 2 nitrogen and oxygen atoms in total. The van der Waals surface area contributed by atoms with Gasteiger partial charge in [0.05, 0.1) is 5.88 Å². The number of thioether (sulfide) groups is 1. The van der Waals surface area contributed by atoms with Crippen molar-refractivity contribution >= 4 is 11.8 Å². The largest absolute Gasteiger partial charge is 0.364 e. The van der Waals surface area contributed by atoms with Crippen molar-refractivity contribution < 1.29 is 5.11 Å². The monoisotopic (exact) mass is 172 g/mol. The molecule has 1 radical (unpaired) electrons. The summed E-state index contributed by atoms with van der Waals surface area (Å²) in [7, 11) is 0. The lowest BCUT2D eigenvalue weighted by atomic mass is 10.1. The second kappa shape index (κ2) is 3.07. The predicted molar refractivity (Wildman–Crippen MR) is 47.7 cm³/mol. The van der Waals surface area contributed by atoms with Gasteiger partial charge in [-0.05, 0) is 25.7 Å². The predicted octanol–water partition coefficient (Wildman–Crippen LogP) is 2.06. The summed E-state index contributed by atoms with van der Waals surface area (Å²) in [5.74, 6) is 0.942. The van der Waals surface area contributed by atoms with E-state index in [1.807, 2.05) is 0 Å². The maximum absolute atomic E-state index is 11.3. The van der Waals surface area contributed by atoms with E-state index in [2.05, 4.69) is 18.0 Å². The van der Waals surface area contributed by atoms with Gasteiger partial charge >= 0.3 is 0 Å². The van der Waals surface area contributed by atoms with Gasteiger partial charge in [-0.15, -0.1) is 11.8 Å². The van der Waals surface area contributed by atoms with Crippen LogP contribution in [0.3, 0.4) is 0 Å². The quantitative estimate of drug-likeness (QED) is 0.636. The molecule has 0 aromatic heterocycles. The first-order valence-corrected chi connectivity index (χ1v) is 4.72. The second-order valence-electron chi connectivity index (χ2n) is 3.52. The molecular formula is C8H14NOS. The highest BCUT2D eigenvalue weighted by Crippen LogP contribution is 2.25. The highest BCUT2D eigenvalue weighted by molar-refractivity contribution is 8.03. The van der Waals surface area contributed by atoms with Crippen molar-refractivity contribution in [2.24, 2.45) is 0 Å². The smallest absolute Gasteiger partial charge is 0.115 e. The standard InChI is InChI=1S/C8H14NOS/c1-7-4-9(6-11-7)5-8(2,3)10/h4H,5-6H2,1-3H3. The average molecular weight is 172 g/mol. The van der Waals surface area contributed by atoms with E-state index in [0.717, 1.165) is 5.88 Å². The maximum atomic E-state index is 11.3. The minimum Gasteiger partial charge on any atom is -0.364 e. The molecule has 0 aromatic carbocycles. The van der Waals surface area contributed by atoms with Crippen LogP contribution in [-0.2, 0) is 5.11 Å². The van der Waals surface area contributed by atoms with Gasteiger partial charge in [-0.25, -0.2) is 5.11 Å². The summed E-state index contributed by atoms with van der Waals surface area (Å²) in [6.45, 7) is 6.12. The second-order valence-corrected chi connectivity index (χ2v) is 4.71. The summed E-state index contributed by atoms with van der Waals surface area (Å²) in [5, 5.41) is 11.3. The fourth-order valence-electron chi connectivity index (χ4n) is 1.10. The molecule has 0 N–H and O–H groups in total. The summed E-state index contributed by atoms with van der Waals surface area (Å²) in [4.78, 5) is 3.38. The van der Waals surface area contributed by atoms with Gasteiger partial charge in [-0.1, -0.05) is 0 Å². The third-order valence-corrected chi connectivity index (χ3v) is 2.43. The van der Waals surface area contributed by atoms with Crippen LogP contribution in [0.2, 0.25) is 0 Å². The molecule has 1 heterocycles. The Morgan fingerprint density at radius 2 is 2.36 bits per heavy atom. The van der Waals surface area contributed by atoms with E-state index in [1.165, 1.54) is 4.91 Å². The molecule has 0 fully saturated rings. The molecule has 0 saturated heterocycles. The van der Waals surface area contributed by atoms with E-state index in [0.29, 0.717) is 6.54 Å². The number of nitrogens with zero attached hydrogens (tertiary/aromatic N) is 1. The van der Waals surface area contributed by atoms with E-state index in [1.54, 1.807) is 25.6 Å².